The van der Waals surface area contributed by atoms with E-state index in [0.717, 1.165) is 5.57 Å². The van der Waals surface area contributed by atoms with Gasteiger partial charge in [-0.3, -0.25) is 0 Å². The van der Waals surface area contributed by atoms with E-state index in [-0.39, 0.29) is 6.10 Å². The molecule has 0 aromatic rings. The first-order valence-corrected chi connectivity index (χ1v) is 5.24. The molecule has 0 saturated carbocycles. The third-order valence-corrected chi connectivity index (χ3v) is 1.60. The van der Waals surface area contributed by atoms with Crippen molar-refractivity contribution in [3.63, 3.8) is 0 Å². The van der Waals surface area contributed by atoms with Gasteiger partial charge in [0.2, 0.25) is 5.60 Å². The standard InChI is InChI=1S/C12H20O4/c1-8(2)7-10(13)16-12(5,6)11(14)15-9(3)4/h7,9H,1-6H3. The highest BCUT2D eigenvalue weighted by Crippen LogP contribution is 2.14. The Balaban J connectivity index is 4.50. The molecular formula is C12H20O4. The predicted molar refractivity (Wildman–Crippen MR) is 60.8 cm³/mol. The van der Waals surface area contributed by atoms with Crippen LogP contribution in [0, 0.1) is 0 Å². The Kier molecular flexibility index (Phi) is 5.21. The molecule has 0 N–H and O–H groups in total. The number of carbonyl (C=O) groups is 2. The highest BCUT2D eigenvalue weighted by molar-refractivity contribution is 5.87. The van der Waals surface area contributed by atoms with Crippen LogP contribution in [-0.4, -0.2) is 23.6 Å². The van der Waals surface area contributed by atoms with Gasteiger partial charge >= 0.3 is 11.9 Å². The molecule has 0 atom stereocenters. The molecule has 0 aromatic heterocycles. The summed E-state index contributed by atoms with van der Waals surface area (Å²) < 4.78 is 10.0. The molecule has 0 bridgehead atoms. The Morgan fingerprint density at radius 3 is 2.06 bits per heavy atom. The molecule has 16 heavy (non-hydrogen) atoms. The molecular weight excluding hydrogens is 208 g/mol. The second-order valence-corrected chi connectivity index (χ2v) is 4.61. The van der Waals surface area contributed by atoms with Crippen molar-refractivity contribution in [1.29, 1.82) is 0 Å². The van der Waals surface area contributed by atoms with E-state index in [1.807, 2.05) is 0 Å². The third kappa shape index (κ3) is 5.53. The second kappa shape index (κ2) is 5.68. The number of rotatable bonds is 4. The summed E-state index contributed by atoms with van der Waals surface area (Å²) in [6.07, 6.45) is 1.11. The smallest absolute Gasteiger partial charge is 0.350 e. The van der Waals surface area contributed by atoms with Gasteiger partial charge in [0, 0.05) is 6.08 Å². The summed E-state index contributed by atoms with van der Waals surface area (Å²) in [7, 11) is 0. The average Bonchev–Trinajstić information content (AvgIpc) is 1.98. The predicted octanol–water partition coefficient (Wildman–Crippen LogP) is 2.23. The lowest BCUT2D eigenvalue weighted by atomic mass is 10.1. The molecule has 4 nitrogen and oxygen atoms in total. The minimum Gasteiger partial charge on any atom is -0.460 e. The van der Waals surface area contributed by atoms with Crippen molar-refractivity contribution >= 4 is 11.9 Å². The Hall–Kier alpha value is -1.32. The number of hydrogen-bond acceptors (Lipinski definition) is 4. The van der Waals surface area contributed by atoms with Crippen LogP contribution in [0.1, 0.15) is 41.5 Å². The molecule has 0 amide bonds. The molecule has 0 saturated heterocycles. The fourth-order valence-corrected chi connectivity index (χ4v) is 0.914. The van der Waals surface area contributed by atoms with Crippen molar-refractivity contribution < 1.29 is 19.1 Å². The minimum atomic E-state index is -1.26. The average molecular weight is 228 g/mol. The fraction of sp³-hybridized carbons (Fsp3) is 0.667. The zero-order valence-electron chi connectivity index (χ0n) is 10.8. The van der Waals surface area contributed by atoms with E-state index in [1.165, 1.54) is 19.9 Å². The van der Waals surface area contributed by atoms with Crippen molar-refractivity contribution in [2.24, 2.45) is 0 Å². The fourth-order valence-electron chi connectivity index (χ4n) is 0.914. The number of carbonyl (C=O) groups excluding carboxylic acids is 2. The van der Waals surface area contributed by atoms with Gasteiger partial charge in [-0.25, -0.2) is 9.59 Å². The molecule has 0 aromatic carbocycles. The largest absolute Gasteiger partial charge is 0.460 e. The van der Waals surface area contributed by atoms with E-state index in [1.54, 1.807) is 27.7 Å². The minimum absolute atomic E-state index is 0.228. The third-order valence-electron chi connectivity index (χ3n) is 1.60. The van der Waals surface area contributed by atoms with E-state index in [2.05, 4.69) is 0 Å². The lowest BCUT2D eigenvalue weighted by Gasteiger charge is -2.23. The van der Waals surface area contributed by atoms with Crippen molar-refractivity contribution in [2.45, 2.75) is 53.2 Å². The van der Waals surface area contributed by atoms with Gasteiger partial charge in [-0.05, 0) is 41.5 Å². The van der Waals surface area contributed by atoms with E-state index >= 15 is 0 Å². The molecule has 0 rings (SSSR count). The normalized spacial score (nSPS) is 10.9. The molecule has 0 spiro atoms. The molecule has 0 fully saturated rings. The molecule has 4 heteroatoms. The topological polar surface area (TPSA) is 52.6 Å². The first kappa shape index (κ1) is 14.7. The SMILES string of the molecule is CC(C)=CC(=O)OC(C)(C)C(=O)OC(C)C. The first-order valence-electron chi connectivity index (χ1n) is 5.24. The summed E-state index contributed by atoms with van der Waals surface area (Å²) in [5.74, 6) is -1.08. The van der Waals surface area contributed by atoms with Crippen LogP contribution < -0.4 is 0 Å². The van der Waals surface area contributed by atoms with Crippen molar-refractivity contribution in [3.8, 4) is 0 Å². The van der Waals surface area contributed by atoms with Crippen LogP contribution in [0.2, 0.25) is 0 Å². The van der Waals surface area contributed by atoms with Gasteiger partial charge in [0.25, 0.3) is 0 Å². The monoisotopic (exact) mass is 228 g/mol. The van der Waals surface area contributed by atoms with Gasteiger partial charge in [-0.15, -0.1) is 0 Å². The summed E-state index contributed by atoms with van der Waals surface area (Å²) in [5.41, 5.74) is -0.439. The van der Waals surface area contributed by atoms with E-state index in [0.29, 0.717) is 0 Å². The lowest BCUT2D eigenvalue weighted by molar-refractivity contribution is -0.178. The molecule has 0 aliphatic carbocycles. The molecule has 0 aliphatic heterocycles. The van der Waals surface area contributed by atoms with E-state index < -0.39 is 17.5 Å². The number of esters is 2. The summed E-state index contributed by atoms with van der Waals surface area (Å²) in [4.78, 5) is 22.9. The van der Waals surface area contributed by atoms with Gasteiger partial charge < -0.3 is 9.47 Å². The zero-order chi connectivity index (χ0) is 12.9. The van der Waals surface area contributed by atoms with Gasteiger partial charge in [0.1, 0.15) is 0 Å². The van der Waals surface area contributed by atoms with Crippen LogP contribution in [0.5, 0.6) is 0 Å². The van der Waals surface area contributed by atoms with Gasteiger partial charge in [-0.2, -0.15) is 0 Å². The molecule has 0 heterocycles. The summed E-state index contributed by atoms with van der Waals surface area (Å²) in [5, 5.41) is 0. The van der Waals surface area contributed by atoms with Crippen molar-refractivity contribution in [1.82, 2.24) is 0 Å². The Labute approximate surface area is 96.6 Å². The molecule has 0 unspecified atom stereocenters. The maximum absolute atomic E-state index is 11.6. The number of hydrogen-bond donors (Lipinski definition) is 0. The van der Waals surface area contributed by atoms with Crippen LogP contribution >= 0.6 is 0 Å². The summed E-state index contributed by atoms with van der Waals surface area (Å²) >= 11 is 0. The quantitative estimate of drug-likeness (QED) is 0.547. The Morgan fingerprint density at radius 2 is 1.69 bits per heavy atom. The zero-order valence-corrected chi connectivity index (χ0v) is 10.8. The summed E-state index contributed by atoms with van der Waals surface area (Å²) in [6, 6.07) is 0. The molecule has 0 radical (unpaired) electrons. The van der Waals surface area contributed by atoms with Crippen LogP contribution in [0.15, 0.2) is 11.6 Å². The highest BCUT2D eigenvalue weighted by Gasteiger charge is 2.33. The maximum atomic E-state index is 11.6. The highest BCUT2D eigenvalue weighted by atomic mass is 16.6. The van der Waals surface area contributed by atoms with Crippen molar-refractivity contribution in [2.75, 3.05) is 0 Å². The van der Waals surface area contributed by atoms with E-state index in [9.17, 15) is 9.59 Å². The van der Waals surface area contributed by atoms with Crippen LogP contribution in [0.25, 0.3) is 0 Å². The van der Waals surface area contributed by atoms with Crippen LogP contribution in [0.3, 0.4) is 0 Å². The van der Waals surface area contributed by atoms with Crippen molar-refractivity contribution in [3.05, 3.63) is 11.6 Å². The summed E-state index contributed by atoms with van der Waals surface area (Å²) in [6.45, 7) is 10.1. The van der Waals surface area contributed by atoms with Gasteiger partial charge in [0.15, 0.2) is 0 Å². The molecule has 0 aliphatic rings. The maximum Gasteiger partial charge on any atom is 0.350 e. The second-order valence-electron chi connectivity index (χ2n) is 4.61. The first-order chi connectivity index (χ1) is 7.15. The van der Waals surface area contributed by atoms with Crippen LogP contribution in [-0.2, 0) is 19.1 Å². The number of ether oxygens (including phenoxy) is 2. The van der Waals surface area contributed by atoms with Gasteiger partial charge in [0.05, 0.1) is 6.10 Å². The lowest BCUT2D eigenvalue weighted by Crippen LogP contribution is -2.39. The number of allylic oxidation sites excluding steroid dienone is 1. The van der Waals surface area contributed by atoms with E-state index in [4.69, 9.17) is 9.47 Å². The van der Waals surface area contributed by atoms with Crippen LogP contribution in [0.4, 0.5) is 0 Å². The Bertz CT molecular complexity index is 296. The Morgan fingerprint density at radius 1 is 1.19 bits per heavy atom. The molecule has 92 valence electrons. The van der Waals surface area contributed by atoms with Gasteiger partial charge in [-0.1, -0.05) is 5.57 Å².